The van der Waals surface area contributed by atoms with Gasteiger partial charge in [0, 0.05) is 21.4 Å². The Morgan fingerprint density at radius 2 is 2.03 bits per heavy atom. The van der Waals surface area contributed by atoms with E-state index in [0.717, 1.165) is 21.8 Å². The van der Waals surface area contributed by atoms with E-state index in [9.17, 15) is 17.6 Å². The molecule has 0 saturated heterocycles. The fourth-order valence-electron chi connectivity index (χ4n) is 3.55. The van der Waals surface area contributed by atoms with Crippen LogP contribution in [0.1, 0.15) is 24.5 Å². The molecule has 0 amide bonds. The molecule has 1 heterocycles. The number of aliphatic carboxylic acids is 1. The molecule has 11 heteroatoms. The van der Waals surface area contributed by atoms with Crippen molar-refractivity contribution in [2.24, 2.45) is 0 Å². The van der Waals surface area contributed by atoms with Crippen molar-refractivity contribution in [3.63, 3.8) is 0 Å². The van der Waals surface area contributed by atoms with Crippen LogP contribution >= 0.6 is 34.7 Å². The summed E-state index contributed by atoms with van der Waals surface area (Å²) in [4.78, 5) is 11.7. The number of rotatable bonds is 12. The van der Waals surface area contributed by atoms with Crippen LogP contribution in [0.5, 0.6) is 5.75 Å². The third-order valence-electron chi connectivity index (χ3n) is 5.25. The van der Waals surface area contributed by atoms with Crippen molar-refractivity contribution in [2.45, 2.75) is 41.5 Å². The summed E-state index contributed by atoms with van der Waals surface area (Å²) in [5.74, 6) is -1.03. The quantitative estimate of drug-likeness (QED) is 0.217. The summed E-state index contributed by atoms with van der Waals surface area (Å²) in [5.41, 5.74) is 1.43. The van der Waals surface area contributed by atoms with Crippen molar-refractivity contribution in [2.75, 3.05) is 25.4 Å². The Morgan fingerprint density at radius 3 is 2.71 bits per heavy atom. The molecule has 1 aromatic heterocycles. The number of halogens is 2. The minimum Gasteiger partial charge on any atom is -0.482 e. The van der Waals surface area contributed by atoms with E-state index in [4.69, 9.17) is 21.4 Å². The topological polar surface area (TPSA) is 92.7 Å². The fraction of sp³-hybridized carbons (Fsp3) is 0.375. The van der Waals surface area contributed by atoms with Crippen molar-refractivity contribution in [3.05, 3.63) is 52.3 Å². The summed E-state index contributed by atoms with van der Waals surface area (Å²) in [6.07, 6.45) is 0.456. The van der Waals surface area contributed by atoms with E-state index >= 15 is 0 Å². The summed E-state index contributed by atoms with van der Waals surface area (Å²) in [6.45, 7) is 6.51. The number of carbonyl (C=O) groups is 1. The first-order valence-corrected chi connectivity index (χ1v) is 14.6. The van der Waals surface area contributed by atoms with Gasteiger partial charge in [-0.05, 0) is 73.7 Å². The van der Waals surface area contributed by atoms with Gasteiger partial charge in [-0.2, -0.15) is 0 Å². The lowest BCUT2D eigenvalue weighted by Crippen LogP contribution is -2.25. The number of hydrogen-bond donors (Lipinski definition) is 2. The highest BCUT2D eigenvalue weighted by atomic mass is 35.5. The normalized spacial score (nSPS) is 12.7. The standard InChI is InChI=1S/C24H27ClFNO5S3/c1-14-9-17(5-6-21(14)32-13-23(28)29)33-15(2)12-27-7-4-8-35(30,31)24-16(3)18-10-20(26)19(25)11-22(18)34-24/h5-6,9-11,15,27H,4,7-8,12-13H2,1-3H3,(H,28,29)/t15-/m1/s1. The van der Waals surface area contributed by atoms with E-state index < -0.39 is 21.6 Å². The summed E-state index contributed by atoms with van der Waals surface area (Å²) in [6, 6.07) is 8.38. The van der Waals surface area contributed by atoms with Crippen LogP contribution in [0.25, 0.3) is 10.1 Å². The van der Waals surface area contributed by atoms with Crippen LogP contribution in [0.15, 0.2) is 39.4 Å². The van der Waals surface area contributed by atoms with Gasteiger partial charge in [0.05, 0.1) is 10.8 Å². The largest absolute Gasteiger partial charge is 0.482 e. The van der Waals surface area contributed by atoms with Crippen LogP contribution in [0.3, 0.4) is 0 Å². The first kappa shape index (κ1) is 27.7. The molecule has 0 radical (unpaired) electrons. The van der Waals surface area contributed by atoms with E-state index in [1.807, 2.05) is 19.1 Å². The lowest BCUT2D eigenvalue weighted by molar-refractivity contribution is -0.139. The maximum Gasteiger partial charge on any atom is 0.341 e. The first-order chi connectivity index (χ1) is 16.5. The van der Waals surface area contributed by atoms with E-state index in [1.165, 1.54) is 12.1 Å². The zero-order valence-corrected chi connectivity index (χ0v) is 22.8. The molecule has 0 saturated carbocycles. The monoisotopic (exact) mass is 559 g/mol. The van der Waals surface area contributed by atoms with Crippen molar-refractivity contribution in [1.29, 1.82) is 0 Å². The molecular weight excluding hydrogens is 533 g/mol. The molecule has 1 atom stereocenters. The average molecular weight is 560 g/mol. The minimum atomic E-state index is -3.49. The molecule has 0 aliphatic heterocycles. The van der Waals surface area contributed by atoms with Gasteiger partial charge in [-0.1, -0.05) is 18.5 Å². The van der Waals surface area contributed by atoms with Gasteiger partial charge in [0.2, 0.25) is 0 Å². The van der Waals surface area contributed by atoms with Gasteiger partial charge < -0.3 is 15.2 Å². The van der Waals surface area contributed by atoms with Crippen LogP contribution in [-0.4, -0.2) is 50.2 Å². The Balaban J connectivity index is 1.47. The molecule has 2 aromatic carbocycles. The average Bonchev–Trinajstić information content (AvgIpc) is 3.09. The number of thiophene rings is 1. The maximum atomic E-state index is 13.8. The molecule has 190 valence electrons. The van der Waals surface area contributed by atoms with Gasteiger partial charge >= 0.3 is 5.97 Å². The number of benzene rings is 2. The number of fused-ring (bicyclic) bond motifs is 1. The molecule has 3 aromatic rings. The molecule has 0 aliphatic carbocycles. The first-order valence-electron chi connectivity index (χ1n) is 10.9. The lowest BCUT2D eigenvalue weighted by atomic mass is 10.2. The Bertz CT molecular complexity index is 1330. The molecule has 35 heavy (non-hydrogen) atoms. The molecule has 0 fully saturated rings. The Hall–Kier alpha value is -1.85. The van der Waals surface area contributed by atoms with Crippen molar-refractivity contribution < 1.29 is 27.4 Å². The smallest absolute Gasteiger partial charge is 0.341 e. The number of aryl methyl sites for hydroxylation is 2. The number of hydrogen-bond acceptors (Lipinski definition) is 7. The maximum absolute atomic E-state index is 13.8. The second-order valence-electron chi connectivity index (χ2n) is 8.19. The van der Waals surface area contributed by atoms with E-state index in [-0.39, 0.29) is 26.8 Å². The van der Waals surface area contributed by atoms with Gasteiger partial charge in [0.1, 0.15) is 15.8 Å². The van der Waals surface area contributed by atoms with E-state index in [1.54, 1.807) is 24.8 Å². The Labute approximate surface area is 217 Å². The van der Waals surface area contributed by atoms with Crippen LogP contribution in [-0.2, 0) is 14.6 Å². The summed E-state index contributed by atoms with van der Waals surface area (Å²) in [5, 5.41) is 12.8. The van der Waals surface area contributed by atoms with Gasteiger partial charge in [0.25, 0.3) is 0 Å². The van der Waals surface area contributed by atoms with Crippen LogP contribution in [0, 0.1) is 19.7 Å². The van der Waals surface area contributed by atoms with Gasteiger partial charge in [0.15, 0.2) is 16.4 Å². The number of sulfone groups is 1. The van der Waals surface area contributed by atoms with Crippen molar-refractivity contribution in [1.82, 2.24) is 5.32 Å². The summed E-state index contributed by atoms with van der Waals surface area (Å²) < 4.78 is 45.8. The summed E-state index contributed by atoms with van der Waals surface area (Å²) >= 11 is 8.64. The Morgan fingerprint density at radius 1 is 1.29 bits per heavy atom. The summed E-state index contributed by atoms with van der Waals surface area (Å²) in [7, 11) is -3.49. The van der Waals surface area contributed by atoms with Crippen LogP contribution in [0.2, 0.25) is 5.02 Å². The second-order valence-corrected chi connectivity index (χ2v) is 13.5. The fourth-order valence-corrected chi connectivity index (χ4v) is 8.11. The highest BCUT2D eigenvalue weighted by Crippen LogP contribution is 2.37. The zero-order chi connectivity index (χ0) is 25.8. The van der Waals surface area contributed by atoms with Gasteiger partial charge in [-0.15, -0.1) is 23.1 Å². The number of ether oxygens (including phenoxy) is 1. The van der Waals surface area contributed by atoms with Gasteiger partial charge in [-0.25, -0.2) is 17.6 Å². The Kier molecular flexibility index (Phi) is 9.45. The number of carboxylic acids is 1. The number of carboxylic acid groups (broad SMARTS) is 1. The third kappa shape index (κ3) is 7.33. The molecule has 0 aliphatic rings. The molecule has 3 rings (SSSR count). The predicted octanol–water partition coefficient (Wildman–Crippen LogP) is 5.71. The van der Waals surface area contributed by atoms with Gasteiger partial charge in [-0.3, -0.25) is 0 Å². The molecule has 0 bridgehead atoms. The minimum absolute atomic E-state index is 0.00238. The van der Waals surface area contributed by atoms with Crippen molar-refractivity contribution in [3.8, 4) is 5.75 Å². The third-order valence-corrected chi connectivity index (χ3v) is 10.4. The highest BCUT2D eigenvalue weighted by molar-refractivity contribution is 8.00. The van der Waals surface area contributed by atoms with Crippen LogP contribution in [0.4, 0.5) is 4.39 Å². The van der Waals surface area contributed by atoms with Crippen molar-refractivity contribution >= 4 is 60.6 Å². The zero-order valence-electron chi connectivity index (χ0n) is 19.6. The number of nitrogens with one attached hydrogen (secondary N) is 1. The van der Waals surface area contributed by atoms with E-state index in [2.05, 4.69) is 12.2 Å². The molecule has 6 nitrogen and oxygen atoms in total. The molecule has 0 unspecified atom stereocenters. The molecule has 0 spiro atoms. The lowest BCUT2D eigenvalue weighted by Gasteiger charge is -2.14. The molecule has 2 N–H and O–H groups in total. The molecular formula is C24H27ClFNO5S3. The van der Waals surface area contributed by atoms with E-state index in [0.29, 0.717) is 40.9 Å². The second kappa shape index (κ2) is 11.9. The number of thioether (sulfide) groups is 1. The van der Waals surface area contributed by atoms with Crippen LogP contribution < -0.4 is 10.1 Å². The SMILES string of the molecule is Cc1cc(S[C@H](C)CNCCCS(=O)(=O)c2sc3cc(Cl)c(F)cc3c2C)ccc1OCC(=O)O. The highest BCUT2D eigenvalue weighted by Gasteiger charge is 2.22. The predicted molar refractivity (Wildman–Crippen MR) is 141 cm³/mol.